The highest BCUT2D eigenvalue weighted by molar-refractivity contribution is 7.89. The molecule has 0 saturated heterocycles. The molecule has 12 heteroatoms. The summed E-state index contributed by atoms with van der Waals surface area (Å²) < 4.78 is 25.8. The first-order valence-corrected chi connectivity index (χ1v) is 12.8. The first-order chi connectivity index (χ1) is 16.6. The Morgan fingerprint density at radius 3 is 2.43 bits per heavy atom. The number of nitrogens with one attached hydrogen (secondary N) is 3. The second kappa shape index (κ2) is 11.2. The molecule has 3 amide bonds. The van der Waals surface area contributed by atoms with Crippen molar-refractivity contribution in [1.29, 1.82) is 0 Å². The van der Waals surface area contributed by atoms with E-state index in [2.05, 4.69) is 20.9 Å². The Labute approximate surface area is 207 Å². The van der Waals surface area contributed by atoms with Crippen LogP contribution in [0.3, 0.4) is 0 Å². The fraction of sp³-hybridized carbons (Fsp3) is 0.217. The Kier molecular flexibility index (Phi) is 8.33. The van der Waals surface area contributed by atoms with Gasteiger partial charge in [-0.3, -0.25) is 14.4 Å². The number of hydrogen-bond acceptors (Lipinski definition) is 7. The zero-order valence-corrected chi connectivity index (χ0v) is 20.9. The van der Waals surface area contributed by atoms with E-state index in [9.17, 15) is 22.8 Å². The highest BCUT2D eigenvalue weighted by Crippen LogP contribution is 2.24. The molecule has 1 heterocycles. The van der Waals surface area contributed by atoms with Gasteiger partial charge in [-0.15, -0.1) is 11.3 Å². The molecule has 0 spiro atoms. The van der Waals surface area contributed by atoms with Crippen LogP contribution < -0.4 is 16.0 Å². The number of carbonyl (C=O) groups is 3. The highest BCUT2D eigenvalue weighted by Gasteiger charge is 2.24. The minimum Gasteiger partial charge on any atom is -0.354 e. The van der Waals surface area contributed by atoms with E-state index in [1.807, 2.05) is 30.3 Å². The third-order valence-electron chi connectivity index (χ3n) is 4.86. The Morgan fingerprint density at radius 1 is 1.06 bits per heavy atom. The van der Waals surface area contributed by atoms with Crippen LogP contribution in [0.1, 0.15) is 17.3 Å². The summed E-state index contributed by atoms with van der Waals surface area (Å²) in [5, 5.41) is 9.86. The summed E-state index contributed by atoms with van der Waals surface area (Å²) in [5.41, 5.74) is 1.63. The molecular formula is C23H25N5O5S2. The lowest BCUT2D eigenvalue weighted by Gasteiger charge is -2.18. The molecule has 0 bridgehead atoms. The topological polar surface area (TPSA) is 138 Å². The number of sulfonamides is 1. The van der Waals surface area contributed by atoms with Crippen molar-refractivity contribution in [3.8, 4) is 11.3 Å². The number of anilines is 1. The van der Waals surface area contributed by atoms with Crippen LogP contribution in [0.15, 0.2) is 64.9 Å². The van der Waals surface area contributed by atoms with E-state index in [-0.39, 0.29) is 22.9 Å². The van der Waals surface area contributed by atoms with E-state index in [0.717, 1.165) is 9.87 Å². The summed E-state index contributed by atoms with van der Waals surface area (Å²) in [4.78, 5) is 41.6. The molecule has 0 aliphatic rings. The van der Waals surface area contributed by atoms with E-state index in [0.29, 0.717) is 10.8 Å². The molecule has 1 aromatic heterocycles. The molecule has 0 radical (unpaired) electrons. The Bertz CT molecular complexity index is 1320. The maximum atomic E-state index is 12.9. The van der Waals surface area contributed by atoms with Crippen molar-refractivity contribution in [2.45, 2.75) is 17.9 Å². The highest BCUT2D eigenvalue weighted by atomic mass is 32.2. The van der Waals surface area contributed by atoms with E-state index >= 15 is 0 Å². The van der Waals surface area contributed by atoms with Crippen LogP contribution in [0.2, 0.25) is 0 Å². The van der Waals surface area contributed by atoms with E-state index in [1.54, 1.807) is 5.38 Å². The maximum absolute atomic E-state index is 12.9. The zero-order chi connectivity index (χ0) is 25.6. The summed E-state index contributed by atoms with van der Waals surface area (Å²) in [6, 6.07) is 13.8. The lowest BCUT2D eigenvalue weighted by atomic mass is 10.2. The second-order valence-corrected chi connectivity index (χ2v) is 10.7. The Balaban J connectivity index is 1.77. The zero-order valence-electron chi connectivity index (χ0n) is 19.3. The molecule has 3 N–H and O–H groups in total. The number of benzene rings is 2. The average molecular weight is 516 g/mol. The van der Waals surface area contributed by atoms with Crippen LogP contribution in [-0.2, 0) is 19.6 Å². The van der Waals surface area contributed by atoms with Crippen LogP contribution >= 0.6 is 11.3 Å². The van der Waals surface area contributed by atoms with Gasteiger partial charge in [0, 0.05) is 44.1 Å². The molecular weight excluding hydrogens is 490 g/mol. The molecule has 184 valence electrons. The SMILES string of the molecule is CC(=O)NC[C@H](NC(=O)c1cccc(S(=O)(=O)N(C)C)c1)C(=O)Nc1nc(-c2ccccc2)cs1. The Hall–Kier alpha value is -3.61. The molecule has 3 aromatic rings. The number of rotatable bonds is 9. The second-order valence-electron chi connectivity index (χ2n) is 7.67. The molecule has 35 heavy (non-hydrogen) atoms. The fourth-order valence-electron chi connectivity index (χ4n) is 2.97. The lowest BCUT2D eigenvalue weighted by molar-refractivity contribution is -0.120. The normalized spacial score (nSPS) is 12.1. The van der Waals surface area contributed by atoms with Crippen LogP contribution in [0.25, 0.3) is 11.3 Å². The van der Waals surface area contributed by atoms with Crippen LogP contribution in [-0.4, -0.2) is 62.1 Å². The predicted octanol–water partition coefficient (Wildman–Crippen LogP) is 1.93. The number of thiazole rings is 1. The number of aromatic nitrogens is 1. The van der Waals surface area contributed by atoms with Gasteiger partial charge in [-0.25, -0.2) is 17.7 Å². The summed E-state index contributed by atoms with van der Waals surface area (Å²) in [6.45, 7) is 1.12. The van der Waals surface area contributed by atoms with E-state index < -0.39 is 27.9 Å². The number of nitrogens with zero attached hydrogens (tertiary/aromatic N) is 2. The van der Waals surface area contributed by atoms with Gasteiger partial charge in [-0.1, -0.05) is 36.4 Å². The van der Waals surface area contributed by atoms with E-state index in [1.165, 1.54) is 56.6 Å². The Morgan fingerprint density at radius 2 is 1.77 bits per heavy atom. The molecule has 0 aliphatic carbocycles. The van der Waals surface area contributed by atoms with Crippen molar-refractivity contribution in [2.75, 3.05) is 26.0 Å². The largest absolute Gasteiger partial charge is 0.354 e. The maximum Gasteiger partial charge on any atom is 0.252 e. The van der Waals surface area contributed by atoms with Crippen LogP contribution in [0.4, 0.5) is 5.13 Å². The monoisotopic (exact) mass is 515 g/mol. The van der Waals surface area contributed by atoms with Gasteiger partial charge >= 0.3 is 0 Å². The van der Waals surface area contributed by atoms with Gasteiger partial charge in [-0.05, 0) is 18.2 Å². The molecule has 1 atom stereocenters. The molecule has 0 aliphatic heterocycles. The minimum absolute atomic E-state index is 0.0502. The number of amides is 3. The number of carbonyl (C=O) groups excluding carboxylic acids is 3. The van der Waals surface area contributed by atoms with Crippen molar-refractivity contribution < 1.29 is 22.8 Å². The van der Waals surface area contributed by atoms with Crippen molar-refractivity contribution in [1.82, 2.24) is 19.9 Å². The van der Waals surface area contributed by atoms with Gasteiger partial charge in [0.15, 0.2) is 5.13 Å². The smallest absolute Gasteiger partial charge is 0.252 e. The fourth-order valence-corrected chi connectivity index (χ4v) is 4.64. The summed E-state index contributed by atoms with van der Waals surface area (Å²) in [5.74, 6) is -1.63. The molecule has 0 fully saturated rings. The quantitative estimate of drug-likeness (QED) is 0.398. The van der Waals surface area contributed by atoms with E-state index in [4.69, 9.17) is 0 Å². The standard InChI is InChI=1S/C23H25N5O5S2/c1-15(29)24-13-19(22(31)27-23-26-20(14-34-23)16-8-5-4-6-9-16)25-21(30)17-10-7-11-18(12-17)35(32,33)28(2)3/h4-12,14,19H,13H2,1-3H3,(H,24,29)(H,25,30)(H,26,27,31)/t19-/m0/s1. The van der Waals surface area contributed by atoms with Crippen molar-refractivity contribution >= 4 is 44.2 Å². The van der Waals surface area contributed by atoms with Crippen molar-refractivity contribution in [3.05, 3.63) is 65.5 Å². The first kappa shape index (κ1) is 26.0. The summed E-state index contributed by atoms with van der Waals surface area (Å²) >= 11 is 1.22. The van der Waals surface area contributed by atoms with Gasteiger partial charge < -0.3 is 16.0 Å². The lowest BCUT2D eigenvalue weighted by Crippen LogP contribution is -2.50. The summed E-state index contributed by atoms with van der Waals surface area (Å²) in [7, 11) is -0.977. The average Bonchev–Trinajstić information content (AvgIpc) is 3.30. The predicted molar refractivity (Wildman–Crippen MR) is 133 cm³/mol. The minimum atomic E-state index is -3.75. The van der Waals surface area contributed by atoms with Gasteiger partial charge in [-0.2, -0.15) is 0 Å². The van der Waals surface area contributed by atoms with Gasteiger partial charge in [0.25, 0.3) is 11.8 Å². The van der Waals surface area contributed by atoms with Crippen molar-refractivity contribution in [2.24, 2.45) is 0 Å². The summed E-state index contributed by atoms with van der Waals surface area (Å²) in [6.07, 6.45) is 0. The molecule has 3 rings (SSSR count). The van der Waals surface area contributed by atoms with Gasteiger partial charge in [0.1, 0.15) is 6.04 Å². The molecule has 0 saturated carbocycles. The third kappa shape index (κ3) is 6.72. The van der Waals surface area contributed by atoms with Crippen molar-refractivity contribution in [3.63, 3.8) is 0 Å². The van der Waals surface area contributed by atoms with Gasteiger partial charge in [0.2, 0.25) is 15.9 Å². The van der Waals surface area contributed by atoms with Crippen LogP contribution in [0, 0.1) is 0 Å². The molecule has 2 aromatic carbocycles. The van der Waals surface area contributed by atoms with Crippen LogP contribution in [0.5, 0.6) is 0 Å². The number of hydrogen-bond donors (Lipinski definition) is 3. The molecule has 0 unspecified atom stereocenters. The first-order valence-electron chi connectivity index (χ1n) is 10.5. The third-order valence-corrected chi connectivity index (χ3v) is 7.42. The molecule has 10 nitrogen and oxygen atoms in total. The van der Waals surface area contributed by atoms with Gasteiger partial charge in [0.05, 0.1) is 10.6 Å².